The summed E-state index contributed by atoms with van der Waals surface area (Å²) < 4.78 is 33.7. The smallest absolute Gasteiger partial charge is 0.275 e. The van der Waals surface area contributed by atoms with Gasteiger partial charge in [-0.3, -0.25) is 4.79 Å². The second-order valence-electron chi connectivity index (χ2n) is 6.44. The molecular formula is C18H18F2N4O2S. The maximum atomic E-state index is 13.6. The van der Waals surface area contributed by atoms with E-state index in [9.17, 15) is 13.6 Å². The zero-order chi connectivity index (χ0) is 19.0. The minimum Gasteiger partial charge on any atom is -0.371 e. The Labute approximate surface area is 157 Å². The Morgan fingerprint density at radius 2 is 2.19 bits per heavy atom. The quantitative estimate of drug-likeness (QED) is 0.721. The van der Waals surface area contributed by atoms with Crippen molar-refractivity contribution >= 4 is 21.4 Å². The van der Waals surface area contributed by atoms with Gasteiger partial charge in [-0.15, -0.1) is 5.10 Å². The van der Waals surface area contributed by atoms with Crippen LogP contribution in [0.15, 0.2) is 29.1 Å². The summed E-state index contributed by atoms with van der Waals surface area (Å²) in [6.07, 6.45) is 1.90. The molecule has 1 fully saturated rings. The summed E-state index contributed by atoms with van der Waals surface area (Å²) in [7, 11) is 0. The fraction of sp³-hybridized carbons (Fsp3) is 0.389. The number of anilines is 1. The van der Waals surface area contributed by atoms with Crippen LogP contribution in [0.2, 0.25) is 0 Å². The van der Waals surface area contributed by atoms with E-state index in [1.54, 1.807) is 0 Å². The number of rotatable bonds is 5. The number of aromatic nitrogens is 3. The maximum absolute atomic E-state index is 13.6. The Kier molecular flexibility index (Phi) is 4.88. The van der Waals surface area contributed by atoms with Crippen LogP contribution in [0.5, 0.6) is 0 Å². The van der Waals surface area contributed by atoms with Crippen molar-refractivity contribution in [3.05, 3.63) is 57.5 Å². The van der Waals surface area contributed by atoms with E-state index in [4.69, 9.17) is 4.74 Å². The summed E-state index contributed by atoms with van der Waals surface area (Å²) in [6.45, 7) is 2.52. The van der Waals surface area contributed by atoms with Crippen LogP contribution >= 0.6 is 11.3 Å². The molecule has 2 atom stereocenters. The number of nitrogens with zero attached hydrogens (tertiary/aromatic N) is 3. The van der Waals surface area contributed by atoms with E-state index in [0.717, 1.165) is 30.7 Å². The molecule has 27 heavy (non-hydrogen) atoms. The minimum absolute atomic E-state index is 0.166. The molecule has 3 heterocycles. The summed E-state index contributed by atoms with van der Waals surface area (Å²) in [4.78, 5) is 17.2. The van der Waals surface area contributed by atoms with Crippen LogP contribution in [-0.2, 0) is 11.2 Å². The molecule has 0 amide bonds. The minimum atomic E-state index is -0.902. The lowest BCUT2D eigenvalue weighted by atomic mass is 10.0. The average molecular weight is 392 g/mol. The highest BCUT2D eigenvalue weighted by atomic mass is 32.1. The first-order valence-electron chi connectivity index (χ1n) is 8.78. The summed E-state index contributed by atoms with van der Waals surface area (Å²) in [6, 6.07) is 5.11. The van der Waals surface area contributed by atoms with Crippen molar-refractivity contribution in [3.63, 3.8) is 0 Å². The van der Waals surface area contributed by atoms with Crippen molar-refractivity contribution in [1.82, 2.24) is 14.6 Å². The predicted molar refractivity (Wildman–Crippen MR) is 98.2 cm³/mol. The molecule has 0 spiro atoms. The Hall–Kier alpha value is -2.39. The molecule has 0 radical (unpaired) electrons. The predicted octanol–water partition coefficient (Wildman–Crippen LogP) is 3.32. The Morgan fingerprint density at radius 1 is 1.33 bits per heavy atom. The number of ether oxygens (including phenoxy) is 1. The number of hydrogen-bond acceptors (Lipinski definition) is 6. The summed E-state index contributed by atoms with van der Waals surface area (Å²) >= 11 is 1.28. The van der Waals surface area contributed by atoms with Gasteiger partial charge in [0.05, 0.1) is 6.04 Å². The van der Waals surface area contributed by atoms with Gasteiger partial charge in [0.2, 0.25) is 10.1 Å². The molecule has 6 nitrogen and oxygen atoms in total. The number of fused-ring (bicyclic) bond motifs is 1. The lowest BCUT2D eigenvalue weighted by Crippen LogP contribution is -2.23. The SMILES string of the molecule is CCCc1cc(=O)n2nc(NC3CCOC3c3ccc(F)c(F)c3)sc2n1. The molecular weight excluding hydrogens is 374 g/mol. The van der Waals surface area contributed by atoms with E-state index in [0.29, 0.717) is 28.7 Å². The topological polar surface area (TPSA) is 68.5 Å². The first-order chi connectivity index (χ1) is 13.0. The third-order valence-corrected chi connectivity index (χ3v) is 5.32. The molecule has 0 saturated carbocycles. The lowest BCUT2D eigenvalue weighted by molar-refractivity contribution is 0.107. The monoisotopic (exact) mass is 392 g/mol. The molecule has 3 aromatic rings. The highest BCUT2D eigenvalue weighted by Gasteiger charge is 2.31. The Morgan fingerprint density at radius 3 is 2.96 bits per heavy atom. The van der Waals surface area contributed by atoms with Crippen molar-refractivity contribution in [2.24, 2.45) is 0 Å². The van der Waals surface area contributed by atoms with E-state index < -0.39 is 17.7 Å². The first-order valence-corrected chi connectivity index (χ1v) is 9.59. The molecule has 142 valence electrons. The van der Waals surface area contributed by atoms with Crippen LogP contribution in [0, 0.1) is 11.6 Å². The highest BCUT2D eigenvalue weighted by molar-refractivity contribution is 7.20. The van der Waals surface area contributed by atoms with Gasteiger partial charge < -0.3 is 10.1 Å². The van der Waals surface area contributed by atoms with E-state index >= 15 is 0 Å². The van der Waals surface area contributed by atoms with E-state index in [1.165, 1.54) is 28.0 Å². The second kappa shape index (κ2) is 7.32. The van der Waals surface area contributed by atoms with Crippen molar-refractivity contribution in [2.45, 2.75) is 38.3 Å². The summed E-state index contributed by atoms with van der Waals surface area (Å²) in [5, 5.41) is 8.09. The summed E-state index contributed by atoms with van der Waals surface area (Å²) in [5.74, 6) is -1.79. The van der Waals surface area contributed by atoms with Crippen LogP contribution in [0.4, 0.5) is 13.9 Å². The molecule has 0 bridgehead atoms. The first kappa shape index (κ1) is 18.0. The van der Waals surface area contributed by atoms with E-state index in [1.807, 2.05) is 6.92 Å². The van der Waals surface area contributed by atoms with Gasteiger partial charge in [0.15, 0.2) is 11.6 Å². The van der Waals surface area contributed by atoms with Crippen LogP contribution in [0.25, 0.3) is 4.96 Å². The third kappa shape index (κ3) is 3.57. The highest BCUT2D eigenvalue weighted by Crippen LogP contribution is 2.33. The van der Waals surface area contributed by atoms with Crippen LogP contribution in [0.3, 0.4) is 0 Å². The third-order valence-electron chi connectivity index (χ3n) is 4.48. The molecule has 9 heteroatoms. The molecule has 4 rings (SSSR count). The van der Waals surface area contributed by atoms with Gasteiger partial charge in [0.1, 0.15) is 6.10 Å². The molecule has 0 aliphatic carbocycles. The van der Waals surface area contributed by atoms with Gasteiger partial charge in [-0.25, -0.2) is 13.8 Å². The number of benzene rings is 1. The van der Waals surface area contributed by atoms with Gasteiger partial charge in [0.25, 0.3) is 5.56 Å². The van der Waals surface area contributed by atoms with Gasteiger partial charge in [-0.2, -0.15) is 4.52 Å². The van der Waals surface area contributed by atoms with Gasteiger partial charge in [-0.1, -0.05) is 30.7 Å². The normalized spacial score (nSPS) is 19.7. The Balaban J connectivity index is 1.59. The van der Waals surface area contributed by atoms with Crippen molar-refractivity contribution in [2.75, 3.05) is 11.9 Å². The van der Waals surface area contributed by atoms with Gasteiger partial charge >= 0.3 is 0 Å². The standard InChI is InChI=1S/C18H18F2N4O2S/c1-2-3-11-9-15(25)24-18(21-11)27-17(23-24)22-14-6-7-26-16(14)10-4-5-12(19)13(20)8-10/h4-5,8-9,14,16H,2-3,6-7H2,1H3,(H,22,23). The van der Waals surface area contributed by atoms with Crippen molar-refractivity contribution in [3.8, 4) is 0 Å². The van der Waals surface area contributed by atoms with Crippen LogP contribution in [0.1, 0.15) is 37.1 Å². The fourth-order valence-electron chi connectivity index (χ4n) is 3.21. The molecule has 2 unspecified atom stereocenters. The second-order valence-corrected chi connectivity index (χ2v) is 7.40. The van der Waals surface area contributed by atoms with Crippen molar-refractivity contribution < 1.29 is 13.5 Å². The molecule has 1 aromatic carbocycles. The van der Waals surface area contributed by atoms with E-state index in [-0.39, 0.29) is 11.6 Å². The molecule has 2 aromatic heterocycles. The van der Waals surface area contributed by atoms with Crippen molar-refractivity contribution in [1.29, 1.82) is 0 Å². The number of aryl methyl sites for hydroxylation is 1. The molecule has 1 aliphatic heterocycles. The van der Waals surface area contributed by atoms with E-state index in [2.05, 4.69) is 15.4 Å². The van der Waals surface area contributed by atoms with Gasteiger partial charge in [0, 0.05) is 18.4 Å². The fourth-order valence-corrected chi connectivity index (χ4v) is 4.10. The zero-order valence-electron chi connectivity index (χ0n) is 14.6. The molecule has 1 saturated heterocycles. The molecule has 1 aliphatic rings. The molecule has 1 N–H and O–H groups in total. The number of hydrogen-bond donors (Lipinski definition) is 1. The lowest BCUT2D eigenvalue weighted by Gasteiger charge is -2.19. The van der Waals surface area contributed by atoms with Gasteiger partial charge in [-0.05, 0) is 30.5 Å². The van der Waals surface area contributed by atoms with Crippen LogP contribution in [-0.4, -0.2) is 27.2 Å². The summed E-state index contributed by atoms with van der Waals surface area (Å²) in [5.41, 5.74) is 1.10. The zero-order valence-corrected chi connectivity index (χ0v) is 15.4. The largest absolute Gasteiger partial charge is 0.371 e. The number of nitrogens with one attached hydrogen (secondary N) is 1. The number of halogens is 2. The Bertz CT molecular complexity index is 1040. The van der Waals surface area contributed by atoms with Crippen LogP contribution < -0.4 is 10.9 Å². The maximum Gasteiger partial charge on any atom is 0.275 e. The average Bonchev–Trinajstić information content (AvgIpc) is 3.25.